The second-order valence-electron chi connectivity index (χ2n) is 4.00. The van der Waals surface area contributed by atoms with E-state index in [4.69, 9.17) is 23.2 Å². The molecule has 0 radical (unpaired) electrons. The van der Waals surface area contributed by atoms with Crippen molar-refractivity contribution in [3.63, 3.8) is 0 Å². The van der Waals surface area contributed by atoms with Crippen molar-refractivity contribution in [2.24, 2.45) is 0 Å². The van der Waals surface area contributed by atoms with Crippen molar-refractivity contribution in [1.29, 1.82) is 0 Å². The van der Waals surface area contributed by atoms with Crippen LogP contribution in [0.1, 0.15) is 0 Å². The maximum atomic E-state index is 13.8. The third-order valence-corrected chi connectivity index (χ3v) is 3.97. The summed E-state index contributed by atoms with van der Waals surface area (Å²) in [4.78, 5) is 8.41. The molecule has 0 aliphatic heterocycles. The smallest absolute Gasteiger partial charge is 0.163 e. The molecule has 0 aliphatic rings. The molecule has 0 bridgehead atoms. The third-order valence-electron chi connectivity index (χ3n) is 2.74. The molecule has 0 fully saturated rings. The van der Waals surface area contributed by atoms with Crippen LogP contribution in [0.5, 0.6) is 0 Å². The quantitative estimate of drug-likeness (QED) is 0.596. The molecule has 0 saturated carbocycles. The summed E-state index contributed by atoms with van der Waals surface area (Å²) >= 11 is 13.8. The maximum absolute atomic E-state index is 13.8. The summed E-state index contributed by atoms with van der Waals surface area (Å²) in [5.74, 6) is 0.0181. The molecular formula is C14H7Cl2FN2S. The average molecular weight is 325 g/mol. The van der Waals surface area contributed by atoms with Crippen molar-refractivity contribution in [3.05, 3.63) is 57.2 Å². The summed E-state index contributed by atoms with van der Waals surface area (Å²) in [5.41, 5.74) is 1.43. The molecule has 0 atom stereocenters. The van der Waals surface area contributed by atoms with Gasteiger partial charge in [0.15, 0.2) is 5.82 Å². The van der Waals surface area contributed by atoms with Crippen LogP contribution < -0.4 is 0 Å². The van der Waals surface area contributed by atoms with Gasteiger partial charge in [0, 0.05) is 16.5 Å². The highest BCUT2D eigenvalue weighted by Crippen LogP contribution is 2.35. The SMILES string of the molecule is Fc1ccccc1-c1c(Cl)nc(-c2ccsc2)nc1Cl. The Morgan fingerprint density at radius 3 is 2.30 bits per heavy atom. The topological polar surface area (TPSA) is 25.8 Å². The number of thiophene rings is 1. The first-order valence-electron chi connectivity index (χ1n) is 5.67. The molecule has 1 aromatic carbocycles. The molecule has 0 aliphatic carbocycles. The van der Waals surface area contributed by atoms with E-state index in [1.54, 1.807) is 18.2 Å². The predicted octanol–water partition coefficient (Wildman–Crippen LogP) is 5.32. The van der Waals surface area contributed by atoms with Crippen molar-refractivity contribution in [1.82, 2.24) is 9.97 Å². The second-order valence-corrected chi connectivity index (χ2v) is 5.49. The Labute approximate surface area is 128 Å². The summed E-state index contributed by atoms with van der Waals surface area (Å²) < 4.78 is 13.8. The second kappa shape index (κ2) is 5.48. The van der Waals surface area contributed by atoms with E-state index in [0.29, 0.717) is 17.0 Å². The lowest BCUT2D eigenvalue weighted by Crippen LogP contribution is -1.95. The van der Waals surface area contributed by atoms with Crippen LogP contribution in [0.2, 0.25) is 10.3 Å². The molecule has 0 unspecified atom stereocenters. The molecule has 6 heteroatoms. The zero-order chi connectivity index (χ0) is 14.1. The number of benzene rings is 1. The summed E-state index contributed by atoms with van der Waals surface area (Å²) in [6, 6.07) is 8.11. The number of hydrogen-bond acceptors (Lipinski definition) is 3. The zero-order valence-corrected chi connectivity index (χ0v) is 12.3. The first kappa shape index (κ1) is 13.5. The Hall–Kier alpha value is -1.49. The average Bonchev–Trinajstić information content (AvgIpc) is 2.94. The normalized spacial score (nSPS) is 10.8. The van der Waals surface area contributed by atoms with E-state index >= 15 is 0 Å². The molecule has 3 rings (SSSR count). The standard InChI is InChI=1S/C14H7Cl2FN2S/c15-12-11(9-3-1-2-4-10(9)17)13(16)19-14(18-12)8-5-6-20-7-8/h1-7H. The summed E-state index contributed by atoms with van der Waals surface area (Å²) in [7, 11) is 0. The molecule has 3 aromatic rings. The van der Waals surface area contributed by atoms with E-state index in [-0.39, 0.29) is 10.3 Å². The fourth-order valence-corrected chi connectivity index (χ4v) is 3.04. The van der Waals surface area contributed by atoms with Gasteiger partial charge in [-0.15, -0.1) is 0 Å². The van der Waals surface area contributed by atoms with Gasteiger partial charge in [0.1, 0.15) is 16.1 Å². The van der Waals surface area contributed by atoms with E-state index in [0.717, 1.165) is 5.56 Å². The molecule has 2 aromatic heterocycles. The van der Waals surface area contributed by atoms with Crippen LogP contribution in [-0.4, -0.2) is 9.97 Å². The van der Waals surface area contributed by atoms with Gasteiger partial charge in [-0.25, -0.2) is 14.4 Å². The van der Waals surface area contributed by atoms with Crippen LogP contribution in [0.3, 0.4) is 0 Å². The molecular weight excluding hydrogens is 318 g/mol. The van der Waals surface area contributed by atoms with Crippen LogP contribution in [0.15, 0.2) is 41.1 Å². The summed E-state index contributed by atoms with van der Waals surface area (Å²) in [6.45, 7) is 0. The molecule has 20 heavy (non-hydrogen) atoms. The van der Waals surface area contributed by atoms with E-state index in [2.05, 4.69) is 9.97 Å². The first-order chi connectivity index (χ1) is 9.66. The molecule has 2 nitrogen and oxygen atoms in total. The minimum atomic E-state index is -0.414. The molecule has 100 valence electrons. The van der Waals surface area contributed by atoms with E-state index < -0.39 is 5.82 Å². The molecule has 2 heterocycles. The predicted molar refractivity (Wildman–Crippen MR) is 80.8 cm³/mol. The lowest BCUT2D eigenvalue weighted by molar-refractivity contribution is 0.631. The van der Waals surface area contributed by atoms with Gasteiger partial charge in [0.05, 0.1) is 5.56 Å². The zero-order valence-electron chi connectivity index (χ0n) is 9.98. The molecule has 0 N–H and O–H groups in total. The Morgan fingerprint density at radius 2 is 1.70 bits per heavy atom. The van der Waals surface area contributed by atoms with Gasteiger partial charge in [0.2, 0.25) is 0 Å². The van der Waals surface area contributed by atoms with Crippen molar-refractivity contribution in [2.75, 3.05) is 0 Å². The highest BCUT2D eigenvalue weighted by molar-refractivity contribution is 7.08. The minimum absolute atomic E-state index is 0.135. The van der Waals surface area contributed by atoms with Gasteiger partial charge in [-0.3, -0.25) is 0 Å². The van der Waals surface area contributed by atoms with E-state index in [1.807, 2.05) is 16.8 Å². The molecule has 0 spiro atoms. The van der Waals surface area contributed by atoms with E-state index in [9.17, 15) is 4.39 Å². The van der Waals surface area contributed by atoms with Gasteiger partial charge < -0.3 is 0 Å². The summed E-state index contributed by atoms with van der Waals surface area (Å²) in [6.07, 6.45) is 0. The lowest BCUT2D eigenvalue weighted by Gasteiger charge is -2.08. The number of aromatic nitrogens is 2. The largest absolute Gasteiger partial charge is 0.216 e. The Bertz CT molecular complexity index is 737. The number of hydrogen-bond donors (Lipinski definition) is 0. The van der Waals surface area contributed by atoms with Crippen LogP contribution in [0.25, 0.3) is 22.5 Å². The number of rotatable bonds is 2. The monoisotopic (exact) mass is 324 g/mol. The molecule has 0 amide bonds. The first-order valence-corrected chi connectivity index (χ1v) is 7.37. The lowest BCUT2D eigenvalue weighted by atomic mass is 10.1. The Kier molecular flexibility index (Phi) is 3.70. The van der Waals surface area contributed by atoms with Crippen molar-refractivity contribution in [3.8, 4) is 22.5 Å². The van der Waals surface area contributed by atoms with E-state index in [1.165, 1.54) is 17.4 Å². The van der Waals surface area contributed by atoms with Gasteiger partial charge >= 0.3 is 0 Å². The summed E-state index contributed by atoms with van der Waals surface area (Å²) in [5, 5.41) is 4.07. The minimum Gasteiger partial charge on any atom is -0.216 e. The highest BCUT2D eigenvalue weighted by atomic mass is 35.5. The van der Waals surface area contributed by atoms with Crippen molar-refractivity contribution >= 4 is 34.5 Å². The number of nitrogens with zero attached hydrogens (tertiary/aromatic N) is 2. The Morgan fingerprint density at radius 1 is 1.00 bits per heavy atom. The van der Waals surface area contributed by atoms with Crippen LogP contribution in [-0.2, 0) is 0 Å². The fourth-order valence-electron chi connectivity index (χ4n) is 1.81. The fraction of sp³-hybridized carbons (Fsp3) is 0. The van der Waals surface area contributed by atoms with Crippen LogP contribution in [0, 0.1) is 5.82 Å². The van der Waals surface area contributed by atoms with Gasteiger partial charge in [0.25, 0.3) is 0 Å². The third kappa shape index (κ3) is 2.42. The van der Waals surface area contributed by atoms with Gasteiger partial charge in [-0.2, -0.15) is 11.3 Å². The highest BCUT2D eigenvalue weighted by Gasteiger charge is 2.17. The van der Waals surface area contributed by atoms with Crippen LogP contribution in [0.4, 0.5) is 4.39 Å². The maximum Gasteiger partial charge on any atom is 0.163 e. The van der Waals surface area contributed by atoms with Crippen LogP contribution >= 0.6 is 34.5 Å². The van der Waals surface area contributed by atoms with Crippen molar-refractivity contribution in [2.45, 2.75) is 0 Å². The Balaban J connectivity index is 2.17. The molecule has 0 saturated heterocycles. The van der Waals surface area contributed by atoms with Gasteiger partial charge in [-0.1, -0.05) is 41.4 Å². The van der Waals surface area contributed by atoms with Gasteiger partial charge in [-0.05, 0) is 17.5 Å². The number of halogens is 3. The van der Waals surface area contributed by atoms with Crippen molar-refractivity contribution < 1.29 is 4.39 Å².